The standard InChI is InChI=1S/C21H17Cl2N3OS/c1-13-17-10-19(20(27)24-11-14-5-4-7-16(22)9-14)28-21(17)26(25-13)12-15-6-2-3-8-18(15)23/h2-10H,11-12H2,1H3,(H,24,27). The van der Waals surface area contributed by atoms with Crippen LogP contribution in [0.5, 0.6) is 0 Å². The minimum atomic E-state index is -0.107. The van der Waals surface area contributed by atoms with Crippen molar-refractivity contribution in [3.63, 3.8) is 0 Å². The summed E-state index contributed by atoms with van der Waals surface area (Å²) in [5.74, 6) is -0.107. The van der Waals surface area contributed by atoms with Crippen LogP contribution in [0.15, 0.2) is 54.6 Å². The van der Waals surface area contributed by atoms with Crippen molar-refractivity contribution in [2.24, 2.45) is 0 Å². The van der Waals surface area contributed by atoms with Crippen LogP contribution < -0.4 is 5.32 Å². The zero-order chi connectivity index (χ0) is 19.7. The Kier molecular flexibility index (Phi) is 5.40. The van der Waals surface area contributed by atoms with Gasteiger partial charge in [-0.1, -0.05) is 53.5 Å². The molecule has 7 heteroatoms. The molecule has 28 heavy (non-hydrogen) atoms. The van der Waals surface area contributed by atoms with Gasteiger partial charge in [-0.3, -0.25) is 9.48 Å². The zero-order valence-corrected chi connectivity index (χ0v) is 17.4. The van der Waals surface area contributed by atoms with Gasteiger partial charge in [-0.25, -0.2) is 0 Å². The number of amides is 1. The van der Waals surface area contributed by atoms with Crippen molar-refractivity contribution >= 4 is 50.7 Å². The summed E-state index contributed by atoms with van der Waals surface area (Å²) in [5.41, 5.74) is 2.85. The first-order valence-corrected chi connectivity index (χ1v) is 10.3. The number of rotatable bonds is 5. The third kappa shape index (κ3) is 3.92. The van der Waals surface area contributed by atoms with Crippen LogP contribution in [0.1, 0.15) is 26.5 Å². The molecule has 0 aliphatic carbocycles. The summed E-state index contributed by atoms with van der Waals surface area (Å²) >= 11 is 13.7. The number of aromatic nitrogens is 2. The molecular weight excluding hydrogens is 413 g/mol. The van der Waals surface area contributed by atoms with Gasteiger partial charge in [0.25, 0.3) is 5.91 Å². The van der Waals surface area contributed by atoms with Crippen molar-refractivity contribution in [3.8, 4) is 0 Å². The molecule has 0 saturated carbocycles. The molecule has 4 rings (SSSR count). The second-order valence-electron chi connectivity index (χ2n) is 6.48. The predicted molar refractivity (Wildman–Crippen MR) is 116 cm³/mol. The number of halogens is 2. The number of nitrogens with one attached hydrogen (secondary N) is 1. The Morgan fingerprint density at radius 1 is 1.14 bits per heavy atom. The van der Waals surface area contributed by atoms with Crippen LogP contribution in [-0.4, -0.2) is 15.7 Å². The van der Waals surface area contributed by atoms with Gasteiger partial charge in [-0.05, 0) is 42.3 Å². The fourth-order valence-corrected chi connectivity index (χ4v) is 4.52. The average molecular weight is 430 g/mol. The van der Waals surface area contributed by atoms with E-state index in [1.54, 1.807) is 0 Å². The van der Waals surface area contributed by atoms with E-state index in [1.165, 1.54) is 11.3 Å². The zero-order valence-electron chi connectivity index (χ0n) is 15.1. The third-order valence-electron chi connectivity index (χ3n) is 4.45. The van der Waals surface area contributed by atoms with Crippen molar-refractivity contribution < 1.29 is 4.79 Å². The number of nitrogens with zero attached hydrogens (tertiary/aromatic N) is 2. The smallest absolute Gasteiger partial charge is 0.261 e. The van der Waals surface area contributed by atoms with Crippen LogP contribution in [0.3, 0.4) is 0 Å². The highest BCUT2D eigenvalue weighted by molar-refractivity contribution is 7.20. The highest BCUT2D eigenvalue weighted by Crippen LogP contribution is 2.29. The Balaban J connectivity index is 1.56. The Labute approximate surface area is 176 Å². The Morgan fingerprint density at radius 3 is 2.75 bits per heavy atom. The molecule has 4 nitrogen and oxygen atoms in total. The molecule has 1 N–H and O–H groups in total. The number of carbonyl (C=O) groups is 1. The van der Waals surface area contributed by atoms with Gasteiger partial charge in [0.15, 0.2) is 0 Å². The number of benzene rings is 2. The molecule has 0 atom stereocenters. The van der Waals surface area contributed by atoms with E-state index < -0.39 is 0 Å². The van der Waals surface area contributed by atoms with Gasteiger partial charge in [0.2, 0.25) is 0 Å². The largest absolute Gasteiger partial charge is 0.347 e. The first kappa shape index (κ1) is 19.0. The van der Waals surface area contributed by atoms with Gasteiger partial charge >= 0.3 is 0 Å². The summed E-state index contributed by atoms with van der Waals surface area (Å²) in [4.78, 5) is 14.2. The lowest BCUT2D eigenvalue weighted by atomic mass is 10.2. The predicted octanol–water partition coefficient (Wildman–Crippen LogP) is 5.69. The summed E-state index contributed by atoms with van der Waals surface area (Å²) in [5, 5.41) is 9.92. The molecule has 0 aliphatic rings. The van der Waals surface area contributed by atoms with Gasteiger partial charge in [-0.2, -0.15) is 5.10 Å². The van der Waals surface area contributed by atoms with E-state index >= 15 is 0 Å². The van der Waals surface area contributed by atoms with Crippen molar-refractivity contribution in [2.75, 3.05) is 0 Å². The molecule has 2 heterocycles. The van der Waals surface area contributed by atoms with Crippen LogP contribution >= 0.6 is 34.5 Å². The molecule has 4 aromatic rings. The number of hydrogen-bond acceptors (Lipinski definition) is 3. The highest BCUT2D eigenvalue weighted by Gasteiger charge is 2.17. The molecule has 0 saturated heterocycles. The molecule has 1 amide bonds. The van der Waals surface area contributed by atoms with Gasteiger partial charge in [0.05, 0.1) is 17.1 Å². The molecule has 2 aromatic heterocycles. The molecule has 0 bridgehead atoms. The molecular formula is C21H17Cl2N3OS. The molecule has 2 aromatic carbocycles. The SMILES string of the molecule is Cc1nn(Cc2ccccc2Cl)c2sc(C(=O)NCc3cccc(Cl)c3)cc12. The highest BCUT2D eigenvalue weighted by atomic mass is 35.5. The van der Waals surface area contributed by atoms with Crippen LogP contribution in [0, 0.1) is 6.92 Å². The number of aryl methyl sites for hydroxylation is 1. The Hall–Kier alpha value is -2.34. The lowest BCUT2D eigenvalue weighted by Gasteiger charge is -2.05. The molecule has 0 radical (unpaired) electrons. The summed E-state index contributed by atoms with van der Waals surface area (Å²) in [6, 6.07) is 17.1. The second kappa shape index (κ2) is 7.95. The van der Waals surface area contributed by atoms with Crippen LogP contribution in [0.4, 0.5) is 0 Å². The van der Waals surface area contributed by atoms with Gasteiger partial charge in [0, 0.05) is 22.0 Å². The Morgan fingerprint density at radius 2 is 1.96 bits per heavy atom. The van der Waals surface area contributed by atoms with Crippen LogP contribution in [0.2, 0.25) is 10.0 Å². The molecule has 142 valence electrons. The van der Waals surface area contributed by atoms with E-state index in [4.69, 9.17) is 23.2 Å². The maximum atomic E-state index is 12.6. The van der Waals surface area contributed by atoms with E-state index in [9.17, 15) is 4.79 Å². The lowest BCUT2D eigenvalue weighted by molar-refractivity contribution is 0.0955. The second-order valence-corrected chi connectivity index (χ2v) is 8.35. The quantitative estimate of drug-likeness (QED) is 0.442. The number of fused-ring (bicyclic) bond motifs is 1. The van der Waals surface area contributed by atoms with E-state index in [1.807, 2.05) is 66.2 Å². The van der Waals surface area contributed by atoms with E-state index in [0.29, 0.717) is 28.0 Å². The van der Waals surface area contributed by atoms with Gasteiger partial charge in [0.1, 0.15) is 4.83 Å². The first-order valence-electron chi connectivity index (χ1n) is 8.74. The summed E-state index contributed by atoms with van der Waals surface area (Å²) < 4.78 is 1.91. The van der Waals surface area contributed by atoms with Crippen LogP contribution in [-0.2, 0) is 13.1 Å². The normalized spacial score (nSPS) is 11.1. The van der Waals surface area contributed by atoms with Crippen molar-refractivity contribution in [1.29, 1.82) is 0 Å². The molecule has 0 unspecified atom stereocenters. The van der Waals surface area contributed by atoms with Gasteiger partial charge < -0.3 is 5.32 Å². The summed E-state index contributed by atoms with van der Waals surface area (Å²) in [6.45, 7) is 2.94. The number of carbonyl (C=O) groups excluding carboxylic acids is 1. The summed E-state index contributed by atoms with van der Waals surface area (Å²) in [6.07, 6.45) is 0. The maximum Gasteiger partial charge on any atom is 0.261 e. The molecule has 0 aliphatic heterocycles. The third-order valence-corrected chi connectivity index (χ3v) is 6.20. The monoisotopic (exact) mass is 429 g/mol. The van der Waals surface area contributed by atoms with Crippen molar-refractivity contribution in [2.45, 2.75) is 20.0 Å². The van der Waals surface area contributed by atoms with E-state index in [-0.39, 0.29) is 5.91 Å². The molecule has 0 spiro atoms. The summed E-state index contributed by atoms with van der Waals surface area (Å²) in [7, 11) is 0. The van der Waals surface area contributed by atoms with Gasteiger partial charge in [-0.15, -0.1) is 11.3 Å². The van der Waals surface area contributed by atoms with E-state index in [2.05, 4.69) is 10.4 Å². The lowest BCUT2D eigenvalue weighted by Crippen LogP contribution is -2.21. The number of hydrogen-bond donors (Lipinski definition) is 1. The minimum Gasteiger partial charge on any atom is -0.347 e. The van der Waals surface area contributed by atoms with Crippen molar-refractivity contribution in [1.82, 2.24) is 15.1 Å². The number of thiophene rings is 1. The molecule has 0 fully saturated rings. The Bertz CT molecular complexity index is 1170. The fraction of sp³-hybridized carbons (Fsp3) is 0.143. The minimum absolute atomic E-state index is 0.107. The maximum absolute atomic E-state index is 12.6. The fourth-order valence-electron chi connectivity index (χ4n) is 3.04. The average Bonchev–Trinajstić information content (AvgIpc) is 3.23. The van der Waals surface area contributed by atoms with E-state index in [0.717, 1.165) is 27.0 Å². The topological polar surface area (TPSA) is 46.9 Å². The van der Waals surface area contributed by atoms with Crippen LogP contribution in [0.25, 0.3) is 10.2 Å². The first-order chi connectivity index (χ1) is 13.5. The van der Waals surface area contributed by atoms with Crippen molar-refractivity contribution in [3.05, 3.63) is 86.3 Å².